The van der Waals surface area contributed by atoms with E-state index < -0.39 is 10.0 Å². The molecule has 1 fully saturated rings. The molecular formula is C19H21ClN2O4S. The smallest absolute Gasteiger partial charge is 0.253 e. The molecule has 0 spiro atoms. The molecule has 2 aromatic rings. The minimum atomic E-state index is -3.68. The monoisotopic (exact) mass is 408 g/mol. The molecule has 1 saturated heterocycles. The van der Waals surface area contributed by atoms with Crippen LogP contribution in [0.4, 0.5) is 5.69 Å². The fourth-order valence-corrected chi connectivity index (χ4v) is 4.22. The standard InChI is InChI=1S/C19H21ClN2O4S/c20-15-9-7-14(8-10-15)13-27(24,25)22-18-6-2-1-5-17(18)19(23)21-12-16-4-3-11-26-16/h1-2,5-10,16,22H,3-4,11-13H2,(H,21,23)/t16-/m0/s1. The molecule has 0 aromatic heterocycles. The molecule has 8 heteroatoms. The van der Waals surface area contributed by atoms with Crippen molar-refractivity contribution in [3.8, 4) is 0 Å². The number of amides is 1. The molecule has 2 N–H and O–H groups in total. The van der Waals surface area contributed by atoms with Gasteiger partial charge in [0.25, 0.3) is 5.91 Å². The molecule has 3 rings (SSSR count). The molecule has 0 bridgehead atoms. The average molecular weight is 409 g/mol. The fourth-order valence-electron chi connectivity index (χ4n) is 2.88. The third kappa shape index (κ3) is 5.69. The van der Waals surface area contributed by atoms with E-state index in [9.17, 15) is 13.2 Å². The lowest BCUT2D eigenvalue weighted by Crippen LogP contribution is -2.32. The molecular weight excluding hydrogens is 388 g/mol. The summed E-state index contributed by atoms with van der Waals surface area (Å²) in [4.78, 5) is 12.5. The van der Waals surface area contributed by atoms with Crippen molar-refractivity contribution in [1.29, 1.82) is 0 Å². The van der Waals surface area contributed by atoms with Crippen molar-refractivity contribution in [3.63, 3.8) is 0 Å². The third-order valence-electron chi connectivity index (χ3n) is 4.22. The van der Waals surface area contributed by atoms with Gasteiger partial charge in [-0.05, 0) is 42.7 Å². The summed E-state index contributed by atoms with van der Waals surface area (Å²) in [6.07, 6.45) is 1.92. The maximum Gasteiger partial charge on any atom is 0.253 e. The van der Waals surface area contributed by atoms with Gasteiger partial charge in [-0.2, -0.15) is 0 Å². The highest BCUT2D eigenvalue weighted by Crippen LogP contribution is 2.19. The minimum Gasteiger partial charge on any atom is -0.376 e. The van der Waals surface area contributed by atoms with Crippen LogP contribution in [0.5, 0.6) is 0 Å². The lowest BCUT2D eigenvalue weighted by atomic mass is 10.1. The van der Waals surface area contributed by atoms with Crippen molar-refractivity contribution in [1.82, 2.24) is 5.32 Å². The number of halogens is 1. The Balaban J connectivity index is 1.68. The second-order valence-electron chi connectivity index (χ2n) is 6.38. The van der Waals surface area contributed by atoms with E-state index in [1.807, 2.05) is 0 Å². The summed E-state index contributed by atoms with van der Waals surface area (Å²) in [6, 6.07) is 13.1. The van der Waals surface area contributed by atoms with Crippen molar-refractivity contribution >= 4 is 33.2 Å². The molecule has 1 amide bonds. The topological polar surface area (TPSA) is 84.5 Å². The Morgan fingerprint density at radius 3 is 2.59 bits per heavy atom. The largest absolute Gasteiger partial charge is 0.376 e. The lowest BCUT2D eigenvalue weighted by molar-refractivity contribution is 0.0858. The predicted octanol–water partition coefficient (Wildman–Crippen LogP) is 3.19. The summed E-state index contributed by atoms with van der Waals surface area (Å²) >= 11 is 5.83. The van der Waals surface area contributed by atoms with Gasteiger partial charge in [-0.3, -0.25) is 9.52 Å². The van der Waals surface area contributed by atoms with Gasteiger partial charge in [0, 0.05) is 18.2 Å². The number of rotatable bonds is 7. The molecule has 0 radical (unpaired) electrons. The first-order chi connectivity index (χ1) is 12.9. The van der Waals surface area contributed by atoms with Crippen molar-refractivity contribution in [2.75, 3.05) is 17.9 Å². The van der Waals surface area contributed by atoms with Crippen LogP contribution in [0.2, 0.25) is 5.02 Å². The molecule has 27 heavy (non-hydrogen) atoms. The van der Waals surface area contributed by atoms with Crippen LogP contribution in [0.1, 0.15) is 28.8 Å². The van der Waals surface area contributed by atoms with Crippen LogP contribution >= 0.6 is 11.6 Å². The average Bonchev–Trinajstić information content (AvgIpc) is 3.15. The highest BCUT2D eigenvalue weighted by molar-refractivity contribution is 7.91. The molecule has 6 nitrogen and oxygen atoms in total. The summed E-state index contributed by atoms with van der Waals surface area (Å²) in [7, 11) is -3.68. The van der Waals surface area contributed by atoms with E-state index in [1.165, 1.54) is 0 Å². The van der Waals surface area contributed by atoms with E-state index in [-0.39, 0.29) is 29.0 Å². The van der Waals surface area contributed by atoms with Crippen LogP contribution in [-0.2, 0) is 20.5 Å². The van der Waals surface area contributed by atoms with Crippen molar-refractivity contribution < 1.29 is 17.9 Å². The van der Waals surface area contributed by atoms with Gasteiger partial charge in [0.15, 0.2) is 0 Å². The number of hydrogen-bond acceptors (Lipinski definition) is 4. The van der Waals surface area contributed by atoms with Crippen molar-refractivity contribution in [3.05, 3.63) is 64.7 Å². The highest BCUT2D eigenvalue weighted by Gasteiger charge is 2.20. The second kappa shape index (κ2) is 8.73. The Hall–Kier alpha value is -2.09. The number of hydrogen-bond donors (Lipinski definition) is 2. The summed E-state index contributed by atoms with van der Waals surface area (Å²) in [5, 5.41) is 3.35. The summed E-state index contributed by atoms with van der Waals surface area (Å²) in [5.74, 6) is -0.550. The summed E-state index contributed by atoms with van der Waals surface area (Å²) < 4.78 is 33.0. The molecule has 1 aliphatic rings. The van der Waals surface area contributed by atoms with Crippen LogP contribution in [0.15, 0.2) is 48.5 Å². The van der Waals surface area contributed by atoms with E-state index in [4.69, 9.17) is 16.3 Å². The van der Waals surface area contributed by atoms with Gasteiger partial charge in [-0.25, -0.2) is 8.42 Å². The van der Waals surface area contributed by atoms with E-state index in [0.29, 0.717) is 23.7 Å². The minimum absolute atomic E-state index is 0.0164. The quantitative estimate of drug-likeness (QED) is 0.736. The zero-order valence-electron chi connectivity index (χ0n) is 14.7. The van der Waals surface area contributed by atoms with Crippen LogP contribution < -0.4 is 10.0 Å². The molecule has 144 valence electrons. The molecule has 0 aliphatic carbocycles. The number of carbonyl (C=O) groups excluding carboxylic acids is 1. The number of para-hydroxylation sites is 1. The van der Waals surface area contributed by atoms with E-state index in [1.54, 1.807) is 48.5 Å². The predicted molar refractivity (Wildman–Crippen MR) is 105 cm³/mol. The van der Waals surface area contributed by atoms with Gasteiger partial charge in [-0.15, -0.1) is 0 Å². The summed E-state index contributed by atoms with van der Waals surface area (Å²) in [5.41, 5.74) is 1.12. The Bertz CT molecular complexity index is 894. The zero-order chi connectivity index (χ0) is 19.3. The Morgan fingerprint density at radius 2 is 1.89 bits per heavy atom. The van der Waals surface area contributed by atoms with Gasteiger partial charge in [0.2, 0.25) is 10.0 Å². The van der Waals surface area contributed by atoms with Gasteiger partial charge in [0.1, 0.15) is 0 Å². The first-order valence-electron chi connectivity index (χ1n) is 8.67. The first-order valence-corrected chi connectivity index (χ1v) is 10.7. The van der Waals surface area contributed by atoms with Crippen LogP contribution in [0.25, 0.3) is 0 Å². The van der Waals surface area contributed by atoms with Gasteiger partial charge < -0.3 is 10.1 Å². The Kier molecular flexibility index (Phi) is 6.36. The highest BCUT2D eigenvalue weighted by atomic mass is 35.5. The van der Waals surface area contributed by atoms with Gasteiger partial charge >= 0.3 is 0 Å². The van der Waals surface area contributed by atoms with E-state index in [2.05, 4.69) is 10.0 Å². The molecule has 1 aliphatic heterocycles. The number of anilines is 1. The molecule has 2 aromatic carbocycles. The molecule has 0 saturated carbocycles. The maximum atomic E-state index is 12.5. The summed E-state index contributed by atoms with van der Waals surface area (Å²) in [6.45, 7) is 1.12. The number of nitrogens with one attached hydrogen (secondary N) is 2. The Labute approximate surface area is 163 Å². The lowest BCUT2D eigenvalue weighted by Gasteiger charge is -2.14. The van der Waals surface area contributed by atoms with Crippen LogP contribution in [-0.4, -0.2) is 33.6 Å². The van der Waals surface area contributed by atoms with Gasteiger partial charge in [-0.1, -0.05) is 35.9 Å². The maximum absolute atomic E-state index is 12.5. The third-order valence-corrected chi connectivity index (χ3v) is 5.72. The SMILES string of the molecule is O=C(NC[C@@H]1CCCO1)c1ccccc1NS(=O)(=O)Cc1ccc(Cl)cc1. The van der Waals surface area contributed by atoms with Crippen molar-refractivity contribution in [2.24, 2.45) is 0 Å². The van der Waals surface area contributed by atoms with E-state index >= 15 is 0 Å². The molecule has 1 atom stereocenters. The number of ether oxygens (including phenoxy) is 1. The second-order valence-corrected chi connectivity index (χ2v) is 8.54. The Morgan fingerprint density at radius 1 is 1.15 bits per heavy atom. The van der Waals surface area contributed by atoms with Gasteiger partial charge in [0.05, 0.1) is 23.1 Å². The van der Waals surface area contributed by atoms with Crippen LogP contribution in [0.3, 0.4) is 0 Å². The number of sulfonamides is 1. The zero-order valence-corrected chi connectivity index (χ0v) is 16.2. The van der Waals surface area contributed by atoms with Crippen molar-refractivity contribution in [2.45, 2.75) is 24.7 Å². The fraction of sp³-hybridized carbons (Fsp3) is 0.316. The van der Waals surface area contributed by atoms with E-state index in [0.717, 1.165) is 12.8 Å². The normalized spacial score (nSPS) is 16.9. The molecule has 0 unspecified atom stereocenters. The first kappa shape index (κ1) is 19.7. The molecule has 1 heterocycles. The number of benzene rings is 2. The van der Waals surface area contributed by atoms with Crippen LogP contribution in [0, 0.1) is 0 Å². The number of carbonyl (C=O) groups is 1.